The van der Waals surface area contributed by atoms with E-state index in [1.54, 1.807) is 30.3 Å². The predicted octanol–water partition coefficient (Wildman–Crippen LogP) is 2.45. The first-order valence-corrected chi connectivity index (χ1v) is 11.9. The number of morpholine rings is 1. The summed E-state index contributed by atoms with van der Waals surface area (Å²) in [6.07, 6.45) is 0.262. The lowest BCUT2D eigenvalue weighted by Gasteiger charge is -2.31. The van der Waals surface area contributed by atoms with Crippen LogP contribution in [0.15, 0.2) is 53.6 Å². The zero-order chi connectivity index (χ0) is 25.5. The average Bonchev–Trinajstić information content (AvgIpc) is 3.33. The van der Waals surface area contributed by atoms with Gasteiger partial charge in [-0.1, -0.05) is 30.3 Å². The number of amides is 2. The Hall–Kier alpha value is -3.21. The second-order valence-corrected chi connectivity index (χ2v) is 8.74. The molecule has 0 aliphatic carbocycles. The van der Waals surface area contributed by atoms with Crippen LogP contribution in [0.1, 0.15) is 23.6 Å². The van der Waals surface area contributed by atoms with Gasteiger partial charge in [0.15, 0.2) is 0 Å². The van der Waals surface area contributed by atoms with Crippen molar-refractivity contribution in [3.63, 3.8) is 0 Å². The van der Waals surface area contributed by atoms with Crippen molar-refractivity contribution < 1.29 is 27.8 Å². The molecule has 192 valence electrons. The molecule has 10 heteroatoms. The van der Waals surface area contributed by atoms with Gasteiger partial charge in [0.2, 0.25) is 5.91 Å². The highest BCUT2D eigenvalue weighted by atomic mass is 19.1. The van der Waals surface area contributed by atoms with Crippen molar-refractivity contribution in [2.75, 3.05) is 59.7 Å². The maximum Gasteiger partial charge on any atom is 0.262 e. The fourth-order valence-corrected chi connectivity index (χ4v) is 4.37. The van der Waals surface area contributed by atoms with Crippen LogP contribution in [0, 0.1) is 11.6 Å². The predicted molar refractivity (Wildman–Crippen MR) is 129 cm³/mol. The number of ether oxygens (including phenoxy) is 2. The first-order chi connectivity index (χ1) is 17.5. The van der Waals surface area contributed by atoms with E-state index in [9.17, 15) is 18.4 Å². The summed E-state index contributed by atoms with van der Waals surface area (Å²) in [5.74, 6) is -1.59. The van der Waals surface area contributed by atoms with Crippen LogP contribution in [0.25, 0.3) is 0 Å². The highest BCUT2D eigenvalue weighted by Crippen LogP contribution is 2.34. The Morgan fingerprint density at radius 1 is 1.11 bits per heavy atom. The normalized spacial score (nSPS) is 18.2. The summed E-state index contributed by atoms with van der Waals surface area (Å²) in [4.78, 5) is 29.9. The van der Waals surface area contributed by atoms with Crippen LogP contribution in [-0.2, 0) is 19.1 Å². The molecule has 2 aliphatic heterocycles. The molecule has 2 aliphatic rings. The van der Waals surface area contributed by atoms with Crippen molar-refractivity contribution in [1.29, 1.82) is 0 Å². The third kappa shape index (κ3) is 6.31. The third-order valence-electron chi connectivity index (χ3n) is 6.34. The number of halogens is 2. The molecule has 1 fully saturated rings. The molecule has 0 spiro atoms. The minimum Gasteiger partial charge on any atom is -0.379 e. The van der Waals surface area contributed by atoms with Crippen LogP contribution >= 0.6 is 0 Å². The number of benzene rings is 2. The van der Waals surface area contributed by atoms with E-state index < -0.39 is 17.8 Å². The number of methoxy groups -OCH3 is 1. The molecule has 1 atom stereocenters. The van der Waals surface area contributed by atoms with Crippen LogP contribution in [0.5, 0.6) is 0 Å². The molecule has 0 radical (unpaired) electrons. The molecule has 2 amide bonds. The highest BCUT2D eigenvalue weighted by molar-refractivity contribution is 6.03. The van der Waals surface area contributed by atoms with Crippen LogP contribution in [0.4, 0.5) is 8.78 Å². The van der Waals surface area contributed by atoms with E-state index in [4.69, 9.17) is 9.47 Å². The topological polar surface area (TPSA) is 74.7 Å². The molecule has 0 unspecified atom stereocenters. The molecule has 8 nitrogen and oxygen atoms in total. The van der Waals surface area contributed by atoms with E-state index in [0.29, 0.717) is 43.1 Å². The van der Waals surface area contributed by atoms with Gasteiger partial charge in [0, 0.05) is 45.3 Å². The van der Waals surface area contributed by atoms with Crippen LogP contribution in [-0.4, -0.2) is 92.0 Å². The van der Waals surface area contributed by atoms with Gasteiger partial charge in [-0.25, -0.2) is 13.8 Å². The van der Waals surface area contributed by atoms with Crippen molar-refractivity contribution >= 4 is 17.5 Å². The van der Waals surface area contributed by atoms with E-state index in [1.807, 2.05) is 0 Å². The number of carbonyl (C=O) groups excluding carboxylic acids is 2. The summed E-state index contributed by atoms with van der Waals surface area (Å²) in [5, 5.41) is 5.76. The summed E-state index contributed by atoms with van der Waals surface area (Å²) in [6.45, 7) is 3.32. The van der Waals surface area contributed by atoms with Gasteiger partial charge in [-0.3, -0.25) is 14.5 Å². The zero-order valence-electron chi connectivity index (χ0n) is 20.2. The molecule has 1 saturated heterocycles. The molecular formula is C26H30F2N4O4. The van der Waals surface area contributed by atoms with E-state index in [1.165, 1.54) is 35.2 Å². The molecule has 4 rings (SSSR count). The van der Waals surface area contributed by atoms with E-state index in [0.717, 1.165) is 13.1 Å². The van der Waals surface area contributed by atoms with Gasteiger partial charge in [-0.15, -0.1) is 0 Å². The van der Waals surface area contributed by atoms with Crippen molar-refractivity contribution in [2.45, 2.75) is 12.5 Å². The number of hydrogen-bond acceptors (Lipinski definition) is 6. The summed E-state index contributed by atoms with van der Waals surface area (Å²) < 4.78 is 38.6. The average molecular weight is 501 g/mol. The molecule has 0 aromatic heterocycles. The monoisotopic (exact) mass is 500 g/mol. The summed E-state index contributed by atoms with van der Waals surface area (Å²) in [6, 6.07) is 11.4. The molecule has 0 N–H and O–H groups in total. The fourth-order valence-electron chi connectivity index (χ4n) is 4.37. The highest BCUT2D eigenvalue weighted by Gasteiger charge is 2.35. The molecule has 2 heterocycles. The molecule has 2 aromatic rings. The SMILES string of the molecule is COCC(=O)N(CCN1CCOCC1)CC(=O)N1N=C(c2ccc(F)cc2)C[C@H]1c1ccccc1F. The zero-order valence-corrected chi connectivity index (χ0v) is 20.2. The van der Waals surface area contributed by atoms with E-state index >= 15 is 0 Å². The van der Waals surface area contributed by atoms with Gasteiger partial charge in [0.25, 0.3) is 5.91 Å². The quantitative estimate of drug-likeness (QED) is 0.529. The lowest BCUT2D eigenvalue weighted by molar-refractivity contribution is -0.144. The van der Waals surface area contributed by atoms with Crippen LogP contribution in [0.3, 0.4) is 0 Å². The summed E-state index contributed by atoms with van der Waals surface area (Å²) >= 11 is 0. The Morgan fingerprint density at radius 2 is 1.83 bits per heavy atom. The van der Waals surface area contributed by atoms with Gasteiger partial charge in [-0.05, 0) is 23.8 Å². The number of carbonyl (C=O) groups is 2. The van der Waals surface area contributed by atoms with Gasteiger partial charge in [0.1, 0.15) is 24.8 Å². The molecule has 2 aromatic carbocycles. The second kappa shape index (κ2) is 12.2. The van der Waals surface area contributed by atoms with E-state index in [2.05, 4.69) is 10.0 Å². The molecular weight excluding hydrogens is 470 g/mol. The Kier molecular flexibility index (Phi) is 8.74. The first-order valence-electron chi connectivity index (χ1n) is 11.9. The van der Waals surface area contributed by atoms with Crippen molar-refractivity contribution in [1.82, 2.24) is 14.8 Å². The maximum absolute atomic E-state index is 14.7. The van der Waals surface area contributed by atoms with Crippen LogP contribution < -0.4 is 0 Å². The van der Waals surface area contributed by atoms with Crippen molar-refractivity contribution in [3.05, 3.63) is 71.3 Å². The Labute approximate surface area is 209 Å². The summed E-state index contributed by atoms with van der Waals surface area (Å²) in [7, 11) is 1.42. The molecule has 36 heavy (non-hydrogen) atoms. The minimum atomic E-state index is -0.683. The first kappa shape index (κ1) is 25.9. The number of nitrogens with zero attached hydrogens (tertiary/aromatic N) is 4. The van der Waals surface area contributed by atoms with E-state index in [-0.39, 0.29) is 31.3 Å². The van der Waals surface area contributed by atoms with Gasteiger partial charge >= 0.3 is 0 Å². The lowest BCUT2D eigenvalue weighted by Crippen LogP contribution is -2.47. The second-order valence-electron chi connectivity index (χ2n) is 8.74. The standard InChI is InChI=1S/C26H30F2N4O4/c1-35-18-26(34)31(11-10-30-12-14-36-15-13-30)17-25(33)32-24(21-4-2-3-5-22(21)28)16-23(29-32)19-6-8-20(27)9-7-19/h2-9,24H,10-18H2,1H3/t24-/m0/s1. The minimum absolute atomic E-state index is 0.156. The largest absolute Gasteiger partial charge is 0.379 e. The van der Waals surface area contributed by atoms with Gasteiger partial charge < -0.3 is 14.4 Å². The van der Waals surface area contributed by atoms with Gasteiger partial charge in [-0.2, -0.15) is 5.10 Å². The van der Waals surface area contributed by atoms with Crippen molar-refractivity contribution in [3.8, 4) is 0 Å². The maximum atomic E-state index is 14.7. The molecule has 0 bridgehead atoms. The van der Waals surface area contributed by atoms with Crippen molar-refractivity contribution in [2.24, 2.45) is 5.10 Å². The Morgan fingerprint density at radius 3 is 2.53 bits per heavy atom. The van der Waals surface area contributed by atoms with Crippen LogP contribution in [0.2, 0.25) is 0 Å². The lowest BCUT2D eigenvalue weighted by atomic mass is 9.98. The number of hydrogen-bond donors (Lipinski definition) is 0. The Bertz CT molecular complexity index is 1090. The number of rotatable bonds is 9. The Balaban J connectivity index is 1.56. The van der Waals surface area contributed by atoms with Gasteiger partial charge in [0.05, 0.1) is 25.0 Å². The molecule has 0 saturated carbocycles. The summed E-state index contributed by atoms with van der Waals surface area (Å²) in [5.41, 5.74) is 1.52. The fraction of sp³-hybridized carbons (Fsp3) is 0.423. The smallest absolute Gasteiger partial charge is 0.262 e. The third-order valence-corrected chi connectivity index (χ3v) is 6.34. The number of hydrazone groups is 1.